The zero-order valence-corrected chi connectivity index (χ0v) is 10.8. The third-order valence-electron chi connectivity index (χ3n) is 4.02. The molecule has 0 aromatic rings. The molecule has 0 aromatic heterocycles. The molecular formula is C12H22F3N3. The van der Waals surface area contributed by atoms with E-state index in [-0.39, 0.29) is 0 Å². The zero-order valence-electron chi connectivity index (χ0n) is 10.8. The quantitative estimate of drug-likeness (QED) is 0.808. The molecule has 2 unspecified atom stereocenters. The minimum atomic E-state index is -4.07. The molecule has 2 saturated heterocycles. The first-order chi connectivity index (χ1) is 8.46. The molecular weight excluding hydrogens is 243 g/mol. The number of hydrogen-bond donors (Lipinski definition) is 1. The van der Waals surface area contributed by atoms with Crippen molar-refractivity contribution in [3.8, 4) is 0 Å². The number of halogens is 3. The normalized spacial score (nSPS) is 32.7. The number of nitrogens with zero attached hydrogens (tertiary/aromatic N) is 2. The van der Waals surface area contributed by atoms with Crippen LogP contribution in [-0.2, 0) is 0 Å². The average molecular weight is 265 g/mol. The highest BCUT2D eigenvalue weighted by Gasteiger charge is 2.34. The van der Waals surface area contributed by atoms with Gasteiger partial charge in [-0.15, -0.1) is 0 Å². The molecule has 1 N–H and O–H groups in total. The highest BCUT2D eigenvalue weighted by Crippen LogP contribution is 2.21. The fraction of sp³-hybridized carbons (Fsp3) is 1.00. The summed E-state index contributed by atoms with van der Waals surface area (Å²) in [5.74, 6) is 0.591. The van der Waals surface area contributed by atoms with Gasteiger partial charge < -0.3 is 5.32 Å². The first-order valence-corrected chi connectivity index (χ1v) is 6.69. The second-order valence-electron chi connectivity index (χ2n) is 5.46. The Kier molecular flexibility index (Phi) is 4.50. The number of piperazine rings is 1. The predicted octanol–water partition coefficient (Wildman–Crippen LogP) is 1.16. The number of nitrogens with one attached hydrogen (secondary N) is 1. The monoisotopic (exact) mass is 265 g/mol. The summed E-state index contributed by atoms with van der Waals surface area (Å²) < 4.78 is 36.9. The molecule has 0 amide bonds. The Morgan fingerprint density at radius 2 is 1.83 bits per heavy atom. The van der Waals surface area contributed by atoms with Crippen molar-refractivity contribution in [1.82, 2.24) is 15.1 Å². The van der Waals surface area contributed by atoms with Gasteiger partial charge in [0.05, 0.1) is 6.54 Å². The summed E-state index contributed by atoms with van der Waals surface area (Å²) in [4.78, 5) is 3.89. The SMILES string of the molecule is CC1CNCCC1N1CCN(CC(F)(F)F)CC1. The first kappa shape index (κ1) is 14.1. The van der Waals surface area contributed by atoms with Crippen LogP contribution in [0.5, 0.6) is 0 Å². The predicted molar refractivity (Wildman–Crippen MR) is 64.5 cm³/mol. The largest absolute Gasteiger partial charge is 0.401 e. The molecule has 0 spiro atoms. The smallest absolute Gasteiger partial charge is 0.316 e. The Hall–Kier alpha value is -0.330. The lowest BCUT2D eigenvalue weighted by Crippen LogP contribution is -2.56. The maximum atomic E-state index is 12.3. The Morgan fingerprint density at radius 1 is 1.17 bits per heavy atom. The maximum absolute atomic E-state index is 12.3. The van der Waals surface area contributed by atoms with Gasteiger partial charge in [-0.2, -0.15) is 13.2 Å². The van der Waals surface area contributed by atoms with Crippen LogP contribution in [0.3, 0.4) is 0 Å². The van der Waals surface area contributed by atoms with Gasteiger partial charge in [0.15, 0.2) is 0 Å². The highest BCUT2D eigenvalue weighted by atomic mass is 19.4. The summed E-state index contributed by atoms with van der Waals surface area (Å²) in [6, 6.07) is 0.541. The minimum absolute atomic E-state index is 0.538. The number of rotatable bonds is 2. The van der Waals surface area contributed by atoms with E-state index in [9.17, 15) is 13.2 Å². The van der Waals surface area contributed by atoms with E-state index in [0.717, 1.165) is 32.6 Å². The Bertz CT molecular complexity index is 262. The molecule has 3 nitrogen and oxygen atoms in total. The molecule has 18 heavy (non-hydrogen) atoms. The van der Waals surface area contributed by atoms with E-state index in [0.29, 0.717) is 25.0 Å². The molecule has 2 heterocycles. The lowest BCUT2D eigenvalue weighted by Gasteiger charge is -2.43. The van der Waals surface area contributed by atoms with Crippen molar-refractivity contribution in [3.63, 3.8) is 0 Å². The molecule has 0 aromatic carbocycles. The minimum Gasteiger partial charge on any atom is -0.316 e. The van der Waals surface area contributed by atoms with Gasteiger partial charge in [0, 0.05) is 32.2 Å². The van der Waals surface area contributed by atoms with E-state index in [2.05, 4.69) is 17.1 Å². The molecule has 2 atom stereocenters. The van der Waals surface area contributed by atoms with Gasteiger partial charge in [-0.1, -0.05) is 6.92 Å². The van der Waals surface area contributed by atoms with Gasteiger partial charge in [0.25, 0.3) is 0 Å². The highest BCUT2D eigenvalue weighted by molar-refractivity contribution is 4.86. The molecule has 2 aliphatic rings. The first-order valence-electron chi connectivity index (χ1n) is 6.69. The van der Waals surface area contributed by atoms with Gasteiger partial charge in [-0.05, 0) is 25.4 Å². The van der Waals surface area contributed by atoms with Crippen LogP contribution in [0.4, 0.5) is 13.2 Å². The van der Waals surface area contributed by atoms with Gasteiger partial charge in [-0.25, -0.2) is 0 Å². The van der Waals surface area contributed by atoms with Crippen LogP contribution in [0, 0.1) is 5.92 Å². The van der Waals surface area contributed by atoms with Crippen LogP contribution in [0.25, 0.3) is 0 Å². The summed E-state index contributed by atoms with van der Waals surface area (Å²) in [5.41, 5.74) is 0. The van der Waals surface area contributed by atoms with Crippen LogP contribution in [-0.4, -0.2) is 67.8 Å². The van der Waals surface area contributed by atoms with E-state index >= 15 is 0 Å². The fourth-order valence-electron chi connectivity index (χ4n) is 3.05. The molecule has 2 fully saturated rings. The van der Waals surface area contributed by atoms with Crippen LogP contribution < -0.4 is 5.32 Å². The lowest BCUT2D eigenvalue weighted by molar-refractivity contribution is -0.150. The zero-order chi connectivity index (χ0) is 13.2. The third-order valence-corrected chi connectivity index (χ3v) is 4.02. The molecule has 2 rings (SSSR count). The van der Waals surface area contributed by atoms with E-state index < -0.39 is 12.7 Å². The Balaban J connectivity index is 1.79. The second kappa shape index (κ2) is 5.75. The number of piperidine rings is 1. The molecule has 0 aliphatic carbocycles. The number of hydrogen-bond acceptors (Lipinski definition) is 3. The fourth-order valence-corrected chi connectivity index (χ4v) is 3.05. The van der Waals surface area contributed by atoms with E-state index in [1.807, 2.05) is 0 Å². The van der Waals surface area contributed by atoms with Crippen molar-refractivity contribution in [2.24, 2.45) is 5.92 Å². The molecule has 0 radical (unpaired) electrons. The maximum Gasteiger partial charge on any atom is 0.401 e. The summed E-state index contributed by atoms with van der Waals surface area (Å²) in [5, 5.41) is 3.36. The summed E-state index contributed by atoms with van der Waals surface area (Å²) >= 11 is 0. The van der Waals surface area contributed by atoms with E-state index in [1.165, 1.54) is 4.90 Å². The Labute approximate surface area is 106 Å². The van der Waals surface area contributed by atoms with Crippen molar-refractivity contribution in [2.45, 2.75) is 25.6 Å². The van der Waals surface area contributed by atoms with Crippen molar-refractivity contribution in [2.75, 3.05) is 45.8 Å². The second-order valence-corrected chi connectivity index (χ2v) is 5.46. The topological polar surface area (TPSA) is 18.5 Å². The summed E-state index contributed by atoms with van der Waals surface area (Å²) in [7, 11) is 0. The van der Waals surface area contributed by atoms with E-state index in [4.69, 9.17) is 0 Å². The van der Waals surface area contributed by atoms with Crippen molar-refractivity contribution >= 4 is 0 Å². The van der Waals surface area contributed by atoms with Gasteiger partial charge in [-0.3, -0.25) is 9.80 Å². The number of alkyl halides is 3. The van der Waals surface area contributed by atoms with Crippen LogP contribution in [0.15, 0.2) is 0 Å². The summed E-state index contributed by atoms with van der Waals surface area (Å²) in [6.07, 6.45) is -2.95. The van der Waals surface area contributed by atoms with E-state index in [1.54, 1.807) is 0 Å². The van der Waals surface area contributed by atoms with Gasteiger partial charge >= 0.3 is 6.18 Å². The molecule has 2 aliphatic heterocycles. The van der Waals surface area contributed by atoms with Crippen molar-refractivity contribution < 1.29 is 13.2 Å². The van der Waals surface area contributed by atoms with Crippen molar-refractivity contribution in [1.29, 1.82) is 0 Å². The molecule has 6 heteroatoms. The molecule has 0 saturated carbocycles. The van der Waals surface area contributed by atoms with Crippen LogP contribution in [0.2, 0.25) is 0 Å². The van der Waals surface area contributed by atoms with Gasteiger partial charge in [0.2, 0.25) is 0 Å². The molecule has 0 bridgehead atoms. The van der Waals surface area contributed by atoms with Crippen molar-refractivity contribution in [3.05, 3.63) is 0 Å². The van der Waals surface area contributed by atoms with Crippen LogP contribution in [0.1, 0.15) is 13.3 Å². The average Bonchev–Trinajstić information content (AvgIpc) is 2.29. The standard InChI is InChI=1S/C12H22F3N3/c1-10-8-16-3-2-11(10)18-6-4-17(5-7-18)9-12(13,14)15/h10-11,16H,2-9H2,1H3. The molecule has 106 valence electrons. The third kappa shape index (κ3) is 3.83. The van der Waals surface area contributed by atoms with Crippen LogP contribution >= 0.6 is 0 Å². The Morgan fingerprint density at radius 3 is 2.39 bits per heavy atom. The summed E-state index contributed by atoms with van der Waals surface area (Å²) in [6.45, 7) is 6.12. The lowest BCUT2D eigenvalue weighted by atomic mass is 9.93. The van der Waals surface area contributed by atoms with Gasteiger partial charge in [0.1, 0.15) is 0 Å².